The summed E-state index contributed by atoms with van der Waals surface area (Å²) >= 11 is 1.31. The van der Waals surface area contributed by atoms with Crippen LogP contribution in [0.2, 0.25) is 0 Å². The lowest BCUT2D eigenvalue weighted by Crippen LogP contribution is -2.29. The molecule has 0 radical (unpaired) electrons. The molecule has 0 bridgehead atoms. The number of thioether (sulfide) groups is 1. The molecule has 19 heavy (non-hydrogen) atoms. The number of carbonyl (C=O) groups is 1. The van der Waals surface area contributed by atoms with Crippen LogP contribution in [0.4, 0.5) is 0 Å². The average molecular weight is 280 g/mol. The van der Waals surface area contributed by atoms with E-state index in [0.717, 1.165) is 0 Å². The lowest BCUT2D eigenvalue weighted by molar-refractivity contribution is 0.0924. The van der Waals surface area contributed by atoms with E-state index in [1.54, 1.807) is 13.0 Å². The van der Waals surface area contributed by atoms with Crippen LogP contribution >= 0.6 is 11.8 Å². The fourth-order valence-corrected chi connectivity index (χ4v) is 2.22. The average Bonchev–Trinajstić information content (AvgIpc) is 2.83. The number of H-pyrrole nitrogens is 1. The van der Waals surface area contributed by atoms with Gasteiger partial charge in [-0.25, -0.2) is 10.8 Å². The molecule has 2 aromatic rings. The van der Waals surface area contributed by atoms with Crippen LogP contribution in [-0.2, 0) is 5.75 Å². The third-order valence-corrected chi connectivity index (χ3v) is 3.11. The van der Waals surface area contributed by atoms with E-state index < -0.39 is 5.91 Å². The summed E-state index contributed by atoms with van der Waals surface area (Å²) in [5, 5.41) is 0.506. The van der Waals surface area contributed by atoms with E-state index >= 15 is 0 Å². The summed E-state index contributed by atoms with van der Waals surface area (Å²) in [6.45, 7) is 1.75. The monoisotopic (exact) mass is 280 g/mol. The van der Waals surface area contributed by atoms with Crippen LogP contribution in [-0.4, -0.2) is 15.9 Å². The van der Waals surface area contributed by atoms with Crippen molar-refractivity contribution in [1.82, 2.24) is 15.4 Å². The number of amides is 1. The van der Waals surface area contributed by atoms with Crippen LogP contribution in [0, 0.1) is 6.92 Å². The van der Waals surface area contributed by atoms with Gasteiger partial charge >= 0.3 is 5.91 Å². The number of nitrogens with one attached hydrogen (secondary N) is 2. The summed E-state index contributed by atoms with van der Waals surface area (Å²) in [7, 11) is 0. The second-order valence-corrected chi connectivity index (χ2v) is 4.68. The molecule has 0 saturated heterocycles. The SMILES string of the molecule is Cc1cc(=O)[nH]c(SCc2ccc(C(=O)NN)o2)n1. The Morgan fingerprint density at radius 1 is 1.58 bits per heavy atom. The first-order valence-corrected chi connectivity index (χ1v) is 6.37. The lowest BCUT2D eigenvalue weighted by atomic mass is 10.4. The minimum absolute atomic E-state index is 0.142. The molecule has 0 spiro atoms. The smallest absolute Gasteiger partial charge is 0.300 e. The molecule has 0 unspecified atom stereocenters. The van der Waals surface area contributed by atoms with Gasteiger partial charge in [-0.2, -0.15) is 0 Å². The molecule has 2 rings (SSSR count). The first-order chi connectivity index (χ1) is 9.08. The molecule has 0 fully saturated rings. The van der Waals surface area contributed by atoms with E-state index in [0.29, 0.717) is 22.4 Å². The van der Waals surface area contributed by atoms with Crippen molar-refractivity contribution in [3.63, 3.8) is 0 Å². The number of nitrogens with zero attached hydrogens (tertiary/aromatic N) is 1. The maximum absolute atomic E-state index is 11.3. The number of furan rings is 1. The van der Waals surface area contributed by atoms with Gasteiger partial charge in [0.15, 0.2) is 10.9 Å². The molecule has 0 aromatic carbocycles. The molecule has 100 valence electrons. The zero-order chi connectivity index (χ0) is 13.8. The van der Waals surface area contributed by atoms with Crippen molar-refractivity contribution in [2.45, 2.75) is 17.8 Å². The van der Waals surface area contributed by atoms with Crippen LogP contribution in [0.15, 0.2) is 32.6 Å². The Labute approximate surface area is 112 Å². The first-order valence-electron chi connectivity index (χ1n) is 5.39. The summed E-state index contributed by atoms with van der Waals surface area (Å²) in [5.41, 5.74) is 2.43. The number of rotatable bonds is 4. The molecule has 4 N–H and O–H groups in total. The quantitative estimate of drug-likeness (QED) is 0.248. The third-order valence-electron chi connectivity index (χ3n) is 2.22. The van der Waals surface area contributed by atoms with E-state index in [2.05, 4.69) is 9.97 Å². The number of aromatic amines is 1. The Morgan fingerprint density at radius 3 is 3.05 bits per heavy atom. The van der Waals surface area contributed by atoms with Crippen molar-refractivity contribution in [2.24, 2.45) is 5.84 Å². The number of aryl methyl sites for hydroxylation is 1. The van der Waals surface area contributed by atoms with Gasteiger partial charge in [0.2, 0.25) is 0 Å². The summed E-state index contributed by atoms with van der Waals surface area (Å²) < 4.78 is 5.29. The van der Waals surface area contributed by atoms with E-state index in [1.165, 1.54) is 23.9 Å². The summed E-state index contributed by atoms with van der Waals surface area (Å²) in [5.74, 6) is 5.69. The van der Waals surface area contributed by atoms with Gasteiger partial charge in [0.25, 0.3) is 5.56 Å². The minimum Gasteiger partial charge on any atom is -0.455 e. The topological polar surface area (TPSA) is 114 Å². The van der Waals surface area contributed by atoms with Gasteiger partial charge < -0.3 is 9.40 Å². The van der Waals surface area contributed by atoms with Crippen molar-refractivity contribution < 1.29 is 9.21 Å². The summed E-state index contributed by atoms with van der Waals surface area (Å²) in [6.07, 6.45) is 0. The zero-order valence-electron chi connectivity index (χ0n) is 10.1. The molecule has 0 atom stereocenters. The molecular weight excluding hydrogens is 268 g/mol. The van der Waals surface area contributed by atoms with Crippen LogP contribution < -0.4 is 16.8 Å². The predicted molar refractivity (Wildman–Crippen MR) is 69.5 cm³/mol. The Morgan fingerprint density at radius 2 is 2.37 bits per heavy atom. The molecule has 7 nitrogen and oxygen atoms in total. The number of hydrogen-bond donors (Lipinski definition) is 3. The molecule has 0 saturated carbocycles. The molecule has 0 aliphatic rings. The third kappa shape index (κ3) is 3.46. The van der Waals surface area contributed by atoms with E-state index in [9.17, 15) is 9.59 Å². The molecular formula is C11H12N4O3S. The van der Waals surface area contributed by atoms with Gasteiger partial charge in [-0.15, -0.1) is 0 Å². The van der Waals surface area contributed by atoms with Crippen LogP contribution in [0.3, 0.4) is 0 Å². The minimum atomic E-state index is -0.488. The van der Waals surface area contributed by atoms with Crippen LogP contribution in [0.1, 0.15) is 22.0 Å². The lowest BCUT2D eigenvalue weighted by Gasteiger charge is -1.99. The van der Waals surface area contributed by atoms with Crippen molar-refractivity contribution in [3.05, 3.63) is 45.8 Å². The van der Waals surface area contributed by atoms with Crippen LogP contribution in [0.25, 0.3) is 0 Å². The maximum atomic E-state index is 11.3. The van der Waals surface area contributed by atoms with E-state index in [1.807, 2.05) is 5.43 Å². The molecule has 2 aromatic heterocycles. The van der Waals surface area contributed by atoms with Crippen LogP contribution in [0.5, 0.6) is 0 Å². The van der Waals surface area contributed by atoms with Crippen molar-refractivity contribution in [2.75, 3.05) is 0 Å². The second kappa shape index (κ2) is 5.72. The molecule has 0 aliphatic carbocycles. The maximum Gasteiger partial charge on any atom is 0.300 e. The number of nitrogens with two attached hydrogens (primary N) is 1. The second-order valence-electron chi connectivity index (χ2n) is 3.72. The summed E-state index contributed by atoms with van der Waals surface area (Å²) in [6, 6.07) is 4.62. The van der Waals surface area contributed by atoms with Gasteiger partial charge in [-0.1, -0.05) is 11.8 Å². The zero-order valence-corrected chi connectivity index (χ0v) is 10.9. The number of nitrogen functional groups attached to an aromatic ring is 1. The first kappa shape index (κ1) is 13.4. The number of hydrazine groups is 1. The fourth-order valence-electron chi connectivity index (χ4n) is 1.41. The summed E-state index contributed by atoms with van der Waals surface area (Å²) in [4.78, 5) is 29.2. The largest absolute Gasteiger partial charge is 0.455 e. The predicted octanol–water partition coefficient (Wildman–Crippen LogP) is 0.567. The van der Waals surface area contributed by atoms with E-state index in [-0.39, 0.29) is 11.3 Å². The van der Waals surface area contributed by atoms with Gasteiger partial charge in [0.05, 0.1) is 5.75 Å². The standard InChI is InChI=1S/C11H12N4O3S/c1-6-4-9(16)14-11(13-6)19-5-7-2-3-8(18-7)10(17)15-12/h2-4H,5,12H2,1H3,(H,15,17)(H,13,14,16). The Bertz CT molecular complexity index is 649. The van der Waals surface area contributed by atoms with Crippen molar-refractivity contribution in [1.29, 1.82) is 0 Å². The Hall–Kier alpha value is -2.06. The molecule has 0 aliphatic heterocycles. The molecule has 8 heteroatoms. The number of carbonyl (C=O) groups excluding carboxylic acids is 1. The number of hydrogen-bond acceptors (Lipinski definition) is 6. The van der Waals surface area contributed by atoms with Crippen molar-refractivity contribution in [3.8, 4) is 0 Å². The van der Waals surface area contributed by atoms with Gasteiger partial charge in [-0.05, 0) is 19.1 Å². The van der Waals surface area contributed by atoms with Crippen molar-refractivity contribution >= 4 is 17.7 Å². The highest BCUT2D eigenvalue weighted by atomic mass is 32.2. The van der Waals surface area contributed by atoms with E-state index in [4.69, 9.17) is 10.3 Å². The highest BCUT2D eigenvalue weighted by molar-refractivity contribution is 7.98. The molecule has 1 amide bonds. The Kier molecular flexibility index (Phi) is 4.03. The fraction of sp³-hybridized carbons (Fsp3) is 0.182. The van der Waals surface area contributed by atoms with Gasteiger partial charge in [0, 0.05) is 11.8 Å². The Balaban J connectivity index is 2.04. The highest BCUT2D eigenvalue weighted by Gasteiger charge is 2.10. The normalized spacial score (nSPS) is 10.4. The molecule has 2 heterocycles. The number of aromatic nitrogens is 2. The van der Waals surface area contributed by atoms with Gasteiger partial charge in [0.1, 0.15) is 5.76 Å². The highest BCUT2D eigenvalue weighted by Crippen LogP contribution is 2.20. The van der Waals surface area contributed by atoms with Gasteiger partial charge in [-0.3, -0.25) is 15.0 Å².